The zero-order valence-corrected chi connectivity index (χ0v) is 31.8. The van der Waals surface area contributed by atoms with Gasteiger partial charge in [-0.3, -0.25) is 24.0 Å². The number of nitrogens with two attached hydrogens (primary N) is 4. The molecule has 2 aromatic rings. The van der Waals surface area contributed by atoms with Crippen LogP contribution in [0, 0.1) is 0 Å². The lowest BCUT2D eigenvalue weighted by Crippen LogP contribution is -2.63. The van der Waals surface area contributed by atoms with Gasteiger partial charge in [-0.15, -0.1) is 0 Å². The van der Waals surface area contributed by atoms with Crippen molar-refractivity contribution in [3.8, 4) is 11.1 Å². The van der Waals surface area contributed by atoms with E-state index in [1.807, 2.05) is 24.3 Å². The SMILES string of the molecule is CCCCc1ccc(-c2ccc(C(=O)N[C@H](CCCCCN)C(=O)N[C@H](C(=O)N[C@@H](N)C(=O)N[C@@H](CCCCN)C(=O)N[C@@H](N)B(O)O)C(C)O)cc2)cc1. The quantitative estimate of drug-likeness (QED) is 0.0316. The Bertz CT molecular complexity index is 1500. The van der Waals surface area contributed by atoms with Gasteiger partial charge in [-0.25, -0.2) is 0 Å². The van der Waals surface area contributed by atoms with E-state index in [4.69, 9.17) is 22.9 Å². The minimum Gasteiger partial charge on any atom is -0.425 e. The van der Waals surface area contributed by atoms with E-state index in [-0.39, 0.29) is 12.8 Å². The smallest absolute Gasteiger partial charge is 0.425 e. The van der Waals surface area contributed by atoms with Gasteiger partial charge in [-0.05, 0) is 93.8 Å². The van der Waals surface area contributed by atoms with Gasteiger partial charge < -0.3 is 64.7 Å². The maximum absolute atomic E-state index is 13.6. The highest BCUT2D eigenvalue weighted by atomic mass is 16.4. The highest BCUT2D eigenvalue weighted by Crippen LogP contribution is 2.21. The topological polar surface area (TPSA) is 310 Å². The van der Waals surface area contributed by atoms with Crippen LogP contribution in [0.1, 0.15) is 87.6 Å². The third-order valence-electron chi connectivity index (χ3n) is 8.92. The fraction of sp³-hybridized carbons (Fsp3) is 0.541. The fourth-order valence-corrected chi connectivity index (χ4v) is 5.57. The predicted octanol–water partition coefficient (Wildman–Crippen LogP) is -1.39. The summed E-state index contributed by atoms with van der Waals surface area (Å²) in [6.07, 6.45) is 3.20. The van der Waals surface area contributed by atoms with Gasteiger partial charge in [0, 0.05) is 5.56 Å². The molecular formula is C37H60BN9O8. The van der Waals surface area contributed by atoms with E-state index in [9.17, 15) is 39.1 Å². The van der Waals surface area contributed by atoms with Crippen LogP contribution in [0.25, 0.3) is 11.1 Å². The number of carbonyl (C=O) groups is 5. The molecular weight excluding hydrogens is 709 g/mol. The summed E-state index contributed by atoms with van der Waals surface area (Å²) in [4.78, 5) is 65.8. The molecule has 0 saturated carbocycles. The number of carbonyl (C=O) groups excluding carboxylic acids is 5. The van der Waals surface area contributed by atoms with Gasteiger partial charge in [0.05, 0.1) is 6.10 Å². The molecule has 0 bridgehead atoms. The standard InChI is InChI=1S/C37H60BN9O8/c1-3-4-10-24-13-15-25(16-14-24)26-17-19-27(20-18-26)32(49)43-28(11-6-5-8-21-39)33(50)45-30(23(2)48)35(52)46-31(41)36(53)44-29(12-7-9-22-40)34(51)47-37(42)38(54)55/h13-20,23,28-31,37,48,54-55H,3-12,21-22,39-42H2,1-2H3,(H,43,49)(H,44,53)(H,45,50)(H,46,52)(H,47,51)/t23?,28-,29+,30+,31-,37-/m1/s1. The molecule has 2 aromatic carbocycles. The average molecular weight is 770 g/mol. The first-order chi connectivity index (χ1) is 26.2. The first kappa shape index (κ1) is 46.7. The maximum Gasteiger partial charge on any atom is 0.490 e. The van der Waals surface area contributed by atoms with Gasteiger partial charge in [-0.1, -0.05) is 62.6 Å². The lowest BCUT2D eigenvalue weighted by atomic mass is 9.86. The summed E-state index contributed by atoms with van der Waals surface area (Å²) >= 11 is 0. The Morgan fingerprint density at radius 1 is 0.655 bits per heavy atom. The van der Waals surface area contributed by atoms with Gasteiger partial charge in [0.25, 0.3) is 11.8 Å². The van der Waals surface area contributed by atoms with E-state index in [0.29, 0.717) is 50.8 Å². The van der Waals surface area contributed by atoms with Crippen molar-refractivity contribution >= 4 is 36.7 Å². The van der Waals surface area contributed by atoms with Crippen molar-refractivity contribution in [2.45, 2.75) is 115 Å². The minimum absolute atomic E-state index is 0.0888. The zero-order chi connectivity index (χ0) is 40.9. The van der Waals surface area contributed by atoms with Gasteiger partial charge >= 0.3 is 7.12 Å². The molecule has 16 N–H and O–H groups in total. The largest absolute Gasteiger partial charge is 0.490 e. The van der Waals surface area contributed by atoms with Gasteiger partial charge in [-0.2, -0.15) is 0 Å². The summed E-state index contributed by atoms with van der Waals surface area (Å²) in [5.41, 5.74) is 26.1. The van der Waals surface area contributed by atoms with Crippen LogP contribution in [-0.4, -0.2) is 101 Å². The van der Waals surface area contributed by atoms with Crippen molar-refractivity contribution in [1.82, 2.24) is 26.6 Å². The number of hydrogen-bond donors (Lipinski definition) is 12. The number of benzene rings is 2. The van der Waals surface area contributed by atoms with Gasteiger partial charge in [0.1, 0.15) is 24.2 Å². The number of aliphatic hydroxyl groups excluding tert-OH is 1. The van der Waals surface area contributed by atoms with Gasteiger partial charge in [0.15, 0.2) is 6.17 Å². The van der Waals surface area contributed by atoms with Crippen LogP contribution < -0.4 is 49.5 Å². The number of aryl methyl sites for hydroxylation is 1. The number of rotatable bonds is 25. The monoisotopic (exact) mass is 769 g/mol. The molecule has 0 aliphatic heterocycles. The van der Waals surface area contributed by atoms with E-state index in [1.54, 1.807) is 12.1 Å². The molecule has 2 rings (SSSR count). The average Bonchev–Trinajstić information content (AvgIpc) is 3.16. The molecule has 0 aliphatic rings. The molecule has 0 heterocycles. The lowest BCUT2D eigenvalue weighted by molar-refractivity contribution is -0.135. The van der Waals surface area contributed by atoms with Crippen molar-refractivity contribution in [1.29, 1.82) is 0 Å². The van der Waals surface area contributed by atoms with Crippen LogP contribution >= 0.6 is 0 Å². The summed E-state index contributed by atoms with van der Waals surface area (Å²) < 4.78 is 0. The summed E-state index contributed by atoms with van der Waals surface area (Å²) in [6.45, 7) is 4.17. The molecule has 0 fully saturated rings. The van der Waals surface area contributed by atoms with E-state index in [2.05, 4.69) is 45.6 Å². The lowest BCUT2D eigenvalue weighted by Gasteiger charge is -2.26. The third kappa shape index (κ3) is 16.5. The summed E-state index contributed by atoms with van der Waals surface area (Å²) in [5.74, 6) is -4.10. The first-order valence-corrected chi connectivity index (χ1v) is 18.9. The Balaban J connectivity index is 2.13. The minimum atomic E-state index is -2.06. The zero-order valence-electron chi connectivity index (χ0n) is 31.8. The number of hydrogen-bond acceptors (Lipinski definition) is 12. The second kappa shape index (κ2) is 24.9. The Morgan fingerprint density at radius 2 is 1.18 bits per heavy atom. The highest BCUT2D eigenvalue weighted by molar-refractivity contribution is 6.43. The second-order valence-electron chi connectivity index (χ2n) is 13.5. The molecule has 55 heavy (non-hydrogen) atoms. The molecule has 304 valence electrons. The van der Waals surface area contributed by atoms with Crippen molar-refractivity contribution in [2.75, 3.05) is 13.1 Å². The Kier molecular flexibility index (Phi) is 21.1. The van der Waals surface area contributed by atoms with E-state index < -0.39 is 73.1 Å². The first-order valence-electron chi connectivity index (χ1n) is 18.9. The molecule has 5 amide bonds. The van der Waals surface area contributed by atoms with Crippen LogP contribution in [0.5, 0.6) is 0 Å². The van der Waals surface area contributed by atoms with E-state index in [0.717, 1.165) is 30.4 Å². The molecule has 0 spiro atoms. The van der Waals surface area contributed by atoms with Crippen molar-refractivity contribution in [2.24, 2.45) is 22.9 Å². The van der Waals surface area contributed by atoms with Crippen molar-refractivity contribution in [3.05, 3.63) is 59.7 Å². The third-order valence-corrected chi connectivity index (χ3v) is 8.92. The molecule has 17 nitrogen and oxygen atoms in total. The Hall–Kier alpha value is -4.43. The summed E-state index contributed by atoms with van der Waals surface area (Å²) in [7, 11) is -2.06. The molecule has 0 radical (unpaired) electrons. The molecule has 0 aromatic heterocycles. The summed E-state index contributed by atoms with van der Waals surface area (Å²) in [5, 5.41) is 40.9. The predicted molar refractivity (Wildman–Crippen MR) is 210 cm³/mol. The second-order valence-corrected chi connectivity index (χ2v) is 13.5. The number of nitrogens with one attached hydrogen (secondary N) is 5. The normalized spacial score (nSPS) is 14.3. The van der Waals surface area contributed by atoms with Gasteiger partial charge in [0.2, 0.25) is 17.7 Å². The van der Waals surface area contributed by atoms with Crippen LogP contribution in [0.4, 0.5) is 0 Å². The van der Waals surface area contributed by atoms with Crippen LogP contribution in [0.2, 0.25) is 0 Å². The highest BCUT2D eigenvalue weighted by Gasteiger charge is 2.33. The maximum atomic E-state index is 13.6. The fourth-order valence-electron chi connectivity index (χ4n) is 5.57. The molecule has 0 aliphatic carbocycles. The van der Waals surface area contributed by atoms with Crippen molar-refractivity contribution in [3.63, 3.8) is 0 Å². The van der Waals surface area contributed by atoms with Crippen LogP contribution in [0.15, 0.2) is 48.5 Å². The molecule has 1 unspecified atom stereocenters. The summed E-state index contributed by atoms with van der Waals surface area (Å²) in [6, 6.07) is 9.79. The molecule has 6 atom stereocenters. The van der Waals surface area contributed by atoms with Crippen LogP contribution in [-0.2, 0) is 25.6 Å². The number of unbranched alkanes of at least 4 members (excludes halogenated alkanes) is 4. The van der Waals surface area contributed by atoms with Crippen LogP contribution in [0.3, 0.4) is 0 Å². The number of amides is 5. The van der Waals surface area contributed by atoms with E-state index >= 15 is 0 Å². The van der Waals surface area contributed by atoms with Crippen molar-refractivity contribution < 1.29 is 39.1 Å². The Labute approximate surface area is 323 Å². The molecule has 0 saturated heterocycles. The molecule has 18 heteroatoms. The number of aliphatic hydroxyl groups is 1. The Morgan fingerprint density at radius 3 is 1.73 bits per heavy atom. The van der Waals surface area contributed by atoms with E-state index in [1.165, 1.54) is 12.5 Å².